The second-order valence-corrected chi connectivity index (χ2v) is 5.61. The maximum absolute atomic E-state index is 11.8. The van der Waals surface area contributed by atoms with Gasteiger partial charge >= 0.3 is 0 Å². The van der Waals surface area contributed by atoms with Crippen molar-refractivity contribution < 1.29 is 9.53 Å². The molecule has 2 fully saturated rings. The Labute approximate surface area is 105 Å². The highest BCUT2D eigenvalue weighted by molar-refractivity contribution is 5.81. The third-order valence-corrected chi connectivity index (χ3v) is 4.27. The Balaban J connectivity index is 1.72. The van der Waals surface area contributed by atoms with Gasteiger partial charge in [0.2, 0.25) is 0 Å². The lowest BCUT2D eigenvalue weighted by Gasteiger charge is -2.34. The second kappa shape index (κ2) is 6.50. The van der Waals surface area contributed by atoms with Crippen LogP contribution in [0.15, 0.2) is 0 Å². The summed E-state index contributed by atoms with van der Waals surface area (Å²) in [5, 5.41) is 0. The molecule has 2 aliphatic rings. The summed E-state index contributed by atoms with van der Waals surface area (Å²) >= 11 is 0. The molecule has 3 heteroatoms. The molecule has 1 aliphatic carbocycles. The molecule has 0 bridgehead atoms. The Morgan fingerprint density at radius 1 is 1.24 bits per heavy atom. The number of carbonyl (C=O) groups is 1. The van der Waals surface area contributed by atoms with Crippen molar-refractivity contribution in [2.24, 2.45) is 11.8 Å². The van der Waals surface area contributed by atoms with Crippen LogP contribution in [0.2, 0.25) is 0 Å². The fourth-order valence-corrected chi connectivity index (χ4v) is 3.13. The summed E-state index contributed by atoms with van der Waals surface area (Å²) in [4.78, 5) is 14.3. The van der Waals surface area contributed by atoms with Crippen LogP contribution in [0.5, 0.6) is 0 Å². The zero-order valence-electron chi connectivity index (χ0n) is 11.0. The van der Waals surface area contributed by atoms with E-state index >= 15 is 0 Å². The third kappa shape index (κ3) is 3.78. The van der Waals surface area contributed by atoms with Gasteiger partial charge in [0.15, 0.2) is 0 Å². The number of carbonyl (C=O) groups excluding carboxylic acids is 1. The monoisotopic (exact) mass is 239 g/mol. The van der Waals surface area contributed by atoms with E-state index in [1.165, 1.54) is 19.3 Å². The number of likely N-dealkylation sites (tertiary alicyclic amines) is 1. The fourth-order valence-electron chi connectivity index (χ4n) is 3.13. The van der Waals surface area contributed by atoms with E-state index in [-0.39, 0.29) is 0 Å². The van der Waals surface area contributed by atoms with E-state index in [2.05, 4.69) is 4.90 Å². The summed E-state index contributed by atoms with van der Waals surface area (Å²) in [6.07, 6.45) is 6.77. The first kappa shape index (κ1) is 13.0. The molecule has 0 N–H and O–H groups in total. The van der Waals surface area contributed by atoms with Crippen molar-refractivity contribution in [3.8, 4) is 0 Å². The van der Waals surface area contributed by atoms with E-state index in [1.54, 1.807) is 7.11 Å². The van der Waals surface area contributed by atoms with E-state index in [9.17, 15) is 4.79 Å². The summed E-state index contributed by atoms with van der Waals surface area (Å²) in [5.74, 6) is 1.58. The second-order valence-electron chi connectivity index (χ2n) is 5.61. The van der Waals surface area contributed by atoms with Gasteiger partial charge in [-0.3, -0.25) is 4.79 Å². The smallest absolute Gasteiger partial charge is 0.137 e. The van der Waals surface area contributed by atoms with E-state index < -0.39 is 0 Å². The van der Waals surface area contributed by atoms with Gasteiger partial charge in [0.25, 0.3) is 0 Å². The molecule has 17 heavy (non-hydrogen) atoms. The van der Waals surface area contributed by atoms with Gasteiger partial charge in [0, 0.05) is 32.6 Å². The number of ketones is 1. The predicted molar refractivity (Wildman–Crippen MR) is 68.0 cm³/mol. The zero-order valence-corrected chi connectivity index (χ0v) is 11.0. The third-order valence-electron chi connectivity index (χ3n) is 4.27. The van der Waals surface area contributed by atoms with Gasteiger partial charge in [-0.05, 0) is 44.7 Å². The Morgan fingerprint density at radius 3 is 2.65 bits per heavy atom. The first-order chi connectivity index (χ1) is 8.29. The van der Waals surface area contributed by atoms with Crippen molar-refractivity contribution >= 4 is 5.78 Å². The van der Waals surface area contributed by atoms with Crippen LogP contribution in [-0.4, -0.2) is 44.0 Å². The maximum Gasteiger partial charge on any atom is 0.137 e. The van der Waals surface area contributed by atoms with Crippen LogP contribution in [0.4, 0.5) is 0 Å². The minimum Gasteiger partial charge on any atom is -0.384 e. The number of Topliss-reactive ketones (excluding diaryl/α,β-unsaturated/α-hetero) is 1. The number of methoxy groups -OCH3 is 1. The van der Waals surface area contributed by atoms with Crippen LogP contribution in [-0.2, 0) is 9.53 Å². The average molecular weight is 239 g/mol. The Bertz CT molecular complexity index is 247. The average Bonchev–Trinajstić information content (AvgIpc) is 2.35. The molecule has 0 aromatic rings. The molecule has 1 saturated heterocycles. The summed E-state index contributed by atoms with van der Waals surface area (Å²) in [6, 6.07) is 0. The predicted octanol–water partition coefficient (Wildman–Crippen LogP) is 2.10. The highest BCUT2D eigenvalue weighted by Crippen LogP contribution is 2.24. The number of hydrogen-bond donors (Lipinski definition) is 0. The lowest BCUT2D eigenvalue weighted by molar-refractivity contribution is -0.125. The minimum absolute atomic E-state index is 0.336. The van der Waals surface area contributed by atoms with Gasteiger partial charge in [-0.2, -0.15) is 0 Å². The first-order valence-electron chi connectivity index (χ1n) is 7.03. The molecular weight excluding hydrogens is 214 g/mol. The summed E-state index contributed by atoms with van der Waals surface area (Å²) in [6.45, 7) is 4.21. The molecule has 0 aromatic heterocycles. The van der Waals surface area contributed by atoms with Crippen LogP contribution < -0.4 is 0 Å². The molecule has 3 nitrogen and oxygen atoms in total. The molecule has 0 amide bonds. The normalized spacial score (nSPS) is 28.5. The van der Waals surface area contributed by atoms with Crippen LogP contribution in [0, 0.1) is 11.8 Å². The molecule has 1 aliphatic heterocycles. The minimum atomic E-state index is 0.336. The van der Waals surface area contributed by atoms with Crippen molar-refractivity contribution in [3.63, 3.8) is 0 Å². The van der Waals surface area contributed by atoms with Crippen LogP contribution in [0.3, 0.4) is 0 Å². The van der Waals surface area contributed by atoms with Gasteiger partial charge in [0.05, 0.1) is 0 Å². The number of nitrogens with zero attached hydrogens (tertiary/aromatic N) is 1. The van der Waals surface area contributed by atoms with Gasteiger partial charge in [-0.15, -0.1) is 0 Å². The molecule has 1 unspecified atom stereocenters. The molecular formula is C14H25NO2. The number of rotatable bonds is 4. The van der Waals surface area contributed by atoms with Gasteiger partial charge in [-0.1, -0.05) is 6.42 Å². The van der Waals surface area contributed by atoms with Crippen LogP contribution >= 0.6 is 0 Å². The standard InChI is InChI=1S/C14H25NO2/c1-17-11-12-6-8-15(9-7-12)10-13-4-2-3-5-14(13)16/h12-13H,2-11H2,1H3. The largest absolute Gasteiger partial charge is 0.384 e. The van der Waals surface area contributed by atoms with Crippen LogP contribution in [0.25, 0.3) is 0 Å². The number of ether oxygens (including phenoxy) is 1. The number of piperidine rings is 1. The lowest BCUT2D eigenvalue weighted by Crippen LogP contribution is -2.40. The van der Waals surface area contributed by atoms with Crippen molar-refractivity contribution in [1.29, 1.82) is 0 Å². The highest BCUT2D eigenvalue weighted by Gasteiger charge is 2.26. The summed E-state index contributed by atoms with van der Waals surface area (Å²) < 4.78 is 5.21. The summed E-state index contributed by atoms with van der Waals surface area (Å²) in [5.41, 5.74) is 0. The molecule has 2 rings (SSSR count). The van der Waals surface area contributed by atoms with Crippen molar-refractivity contribution in [2.45, 2.75) is 38.5 Å². The number of hydrogen-bond acceptors (Lipinski definition) is 3. The van der Waals surface area contributed by atoms with Gasteiger partial charge in [0.1, 0.15) is 5.78 Å². The molecule has 98 valence electrons. The molecule has 0 spiro atoms. The quantitative estimate of drug-likeness (QED) is 0.752. The van der Waals surface area contributed by atoms with E-state index in [0.29, 0.717) is 11.7 Å². The fraction of sp³-hybridized carbons (Fsp3) is 0.929. The van der Waals surface area contributed by atoms with Gasteiger partial charge in [-0.25, -0.2) is 0 Å². The van der Waals surface area contributed by atoms with Gasteiger partial charge < -0.3 is 9.64 Å². The van der Waals surface area contributed by atoms with E-state index in [1.807, 2.05) is 0 Å². The first-order valence-corrected chi connectivity index (χ1v) is 7.03. The molecule has 1 heterocycles. The Hall–Kier alpha value is -0.410. The van der Waals surface area contributed by atoms with E-state index in [4.69, 9.17) is 4.74 Å². The molecule has 0 aromatic carbocycles. The Kier molecular flexibility index (Phi) is 4.99. The SMILES string of the molecule is COCC1CCN(CC2CCCCC2=O)CC1. The zero-order chi connectivity index (χ0) is 12.1. The van der Waals surface area contributed by atoms with Crippen molar-refractivity contribution in [1.82, 2.24) is 4.90 Å². The van der Waals surface area contributed by atoms with Crippen LogP contribution in [0.1, 0.15) is 38.5 Å². The van der Waals surface area contributed by atoms with Crippen molar-refractivity contribution in [2.75, 3.05) is 33.4 Å². The van der Waals surface area contributed by atoms with E-state index in [0.717, 1.165) is 51.4 Å². The van der Waals surface area contributed by atoms with Crippen molar-refractivity contribution in [3.05, 3.63) is 0 Å². The maximum atomic E-state index is 11.8. The summed E-state index contributed by atoms with van der Waals surface area (Å²) in [7, 11) is 1.78. The topological polar surface area (TPSA) is 29.5 Å². The Morgan fingerprint density at radius 2 is 2.00 bits per heavy atom. The molecule has 1 atom stereocenters. The molecule has 0 radical (unpaired) electrons. The molecule has 1 saturated carbocycles. The highest BCUT2D eigenvalue weighted by atomic mass is 16.5. The lowest BCUT2D eigenvalue weighted by atomic mass is 9.87.